The first-order chi connectivity index (χ1) is 25.7. The van der Waals surface area contributed by atoms with Crippen LogP contribution >= 0.6 is 0 Å². The second-order valence-electron chi connectivity index (χ2n) is 14.5. The second-order valence-corrected chi connectivity index (χ2v) is 14.5. The van der Waals surface area contributed by atoms with Crippen LogP contribution in [0.2, 0.25) is 0 Å². The van der Waals surface area contributed by atoms with Crippen LogP contribution < -0.4 is 15.5 Å². The van der Waals surface area contributed by atoms with Gasteiger partial charge in [0.05, 0.1) is 18.8 Å². The van der Waals surface area contributed by atoms with Gasteiger partial charge in [-0.15, -0.1) is 5.10 Å². The second kappa shape index (κ2) is 14.2. The Morgan fingerprint density at radius 3 is 1.93 bits per heavy atom. The Kier molecular flexibility index (Phi) is 9.55. The molecule has 1 aliphatic rings. The molecule has 0 unspecified atom stereocenters. The third-order valence-electron chi connectivity index (χ3n) is 9.46. The zero-order valence-corrected chi connectivity index (χ0v) is 29.8. The van der Waals surface area contributed by atoms with Crippen molar-refractivity contribution in [2.24, 2.45) is 5.41 Å². The van der Waals surface area contributed by atoms with Crippen LogP contribution in [0.1, 0.15) is 32.0 Å². The van der Waals surface area contributed by atoms with Crippen LogP contribution in [-0.2, 0) is 24.6 Å². The summed E-state index contributed by atoms with van der Waals surface area (Å²) in [4.78, 5) is 21.4. The minimum Gasteiger partial charge on any atom is -0.377 e. The van der Waals surface area contributed by atoms with Crippen LogP contribution in [0.3, 0.4) is 0 Å². The molecule has 0 amide bonds. The fourth-order valence-corrected chi connectivity index (χ4v) is 6.61. The molecule has 0 aliphatic carbocycles. The minimum absolute atomic E-state index is 0.0707. The zero-order valence-electron chi connectivity index (χ0n) is 29.8. The van der Waals surface area contributed by atoms with Gasteiger partial charge in [-0.2, -0.15) is 13.9 Å². The maximum absolute atomic E-state index is 16.2. The lowest BCUT2D eigenvalue weighted by atomic mass is 9.84. The lowest BCUT2D eigenvalue weighted by Gasteiger charge is -2.37. The van der Waals surface area contributed by atoms with Crippen LogP contribution in [-0.4, -0.2) is 70.8 Å². The summed E-state index contributed by atoms with van der Waals surface area (Å²) in [7, 11) is 0. The number of aromatic nitrogens is 8. The summed E-state index contributed by atoms with van der Waals surface area (Å²) in [5.74, 6) is -6.49. The molecule has 16 heteroatoms. The molecular formula is C38H38F4N10O2. The number of hydrogen-bond donors (Lipinski definition) is 1. The molecule has 54 heavy (non-hydrogen) atoms. The molecule has 6 aromatic rings. The Bertz CT molecular complexity index is 2260. The molecule has 7 rings (SSSR count). The number of rotatable bonds is 10. The number of halogens is 4. The van der Waals surface area contributed by atoms with Gasteiger partial charge < -0.3 is 14.9 Å². The molecule has 0 spiro atoms. The maximum atomic E-state index is 16.2. The Morgan fingerprint density at radius 1 is 0.759 bits per heavy atom. The van der Waals surface area contributed by atoms with Crippen LogP contribution in [0.15, 0.2) is 103 Å². The van der Waals surface area contributed by atoms with E-state index in [0.717, 1.165) is 78.0 Å². The molecule has 3 aromatic carbocycles. The average molecular weight is 743 g/mol. The van der Waals surface area contributed by atoms with Crippen molar-refractivity contribution in [3.8, 4) is 16.8 Å². The van der Waals surface area contributed by atoms with Gasteiger partial charge in [0.15, 0.2) is 5.60 Å². The highest BCUT2D eigenvalue weighted by molar-refractivity contribution is 5.66. The molecule has 280 valence electrons. The number of pyridine rings is 1. The molecule has 1 N–H and O–H groups in total. The summed E-state index contributed by atoms with van der Waals surface area (Å²) in [6, 6.07) is 20.0. The van der Waals surface area contributed by atoms with Gasteiger partial charge in [-0.05, 0) is 76.0 Å². The molecule has 0 saturated carbocycles. The predicted molar refractivity (Wildman–Crippen MR) is 193 cm³/mol. The maximum Gasteiger partial charge on any atom is 0.350 e. The van der Waals surface area contributed by atoms with Crippen molar-refractivity contribution in [1.82, 2.24) is 39.5 Å². The monoisotopic (exact) mass is 742 g/mol. The third-order valence-corrected chi connectivity index (χ3v) is 9.46. The number of benzene rings is 3. The number of aliphatic hydroxyl groups is 1. The first kappa shape index (κ1) is 36.5. The smallest absolute Gasteiger partial charge is 0.350 e. The highest BCUT2D eigenvalue weighted by Crippen LogP contribution is 2.47. The van der Waals surface area contributed by atoms with Crippen molar-refractivity contribution in [2.75, 3.05) is 36.0 Å². The summed E-state index contributed by atoms with van der Waals surface area (Å²) < 4.78 is 64.7. The van der Waals surface area contributed by atoms with Crippen molar-refractivity contribution in [3.63, 3.8) is 0 Å². The van der Waals surface area contributed by atoms with Crippen LogP contribution in [0.25, 0.3) is 16.8 Å². The average Bonchev–Trinajstić information content (AvgIpc) is 3.80. The van der Waals surface area contributed by atoms with Crippen molar-refractivity contribution >= 4 is 11.4 Å². The van der Waals surface area contributed by atoms with E-state index in [1.165, 1.54) is 16.9 Å². The number of piperazine rings is 1. The van der Waals surface area contributed by atoms with Crippen molar-refractivity contribution < 1.29 is 22.7 Å². The molecular weight excluding hydrogens is 704 g/mol. The Labute approximate surface area is 307 Å². The van der Waals surface area contributed by atoms with E-state index in [4.69, 9.17) is 0 Å². The van der Waals surface area contributed by atoms with Gasteiger partial charge in [0.2, 0.25) is 0 Å². The lowest BCUT2D eigenvalue weighted by molar-refractivity contribution is -0.207. The third kappa shape index (κ3) is 7.20. The van der Waals surface area contributed by atoms with Gasteiger partial charge in [0.1, 0.15) is 30.0 Å². The number of anilines is 2. The molecule has 4 heterocycles. The molecule has 1 atom stereocenters. The van der Waals surface area contributed by atoms with E-state index in [1.807, 2.05) is 48.5 Å². The van der Waals surface area contributed by atoms with Gasteiger partial charge in [-0.25, -0.2) is 27.5 Å². The zero-order chi connectivity index (χ0) is 38.3. The molecule has 1 aliphatic heterocycles. The normalized spacial score (nSPS) is 15.0. The van der Waals surface area contributed by atoms with Gasteiger partial charge in [-0.1, -0.05) is 39.0 Å². The van der Waals surface area contributed by atoms with Gasteiger partial charge in [-0.3, -0.25) is 4.98 Å². The topological polar surface area (TPSA) is 123 Å². The van der Waals surface area contributed by atoms with Gasteiger partial charge in [0, 0.05) is 60.9 Å². The number of nitrogens with zero attached hydrogens (tertiary/aromatic N) is 10. The van der Waals surface area contributed by atoms with Crippen molar-refractivity contribution in [3.05, 3.63) is 131 Å². The lowest BCUT2D eigenvalue weighted by Crippen LogP contribution is -2.48. The SMILES string of the molecule is CC(C)(C)Cn1ncn(-c2ccc(N3CCN(c4ccc(-c5ccc(C(F)(F)[C@](O)(Cn6cnnn6)c6ccc(F)cc6F)nc5)cc4)CC3)cc2)c1=O. The Morgan fingerprint density at radius 2 is 1.37 bits per heavy atom. The summed E-state index contributed by atoms with van der Waals surface area (Å²) >= 11 is 0. The molecule has 3 aromatic heterocycles. The van der Waals surface area contributed by atoms with Crippen LogP contribution in [0, 0.1) is 17.0 Å². The first-order valence-electron chi connectivity index (χ1n) is 17.3. The molecule has 12 nitrogen and oxygen atoms in total. The van der Waals surface area contributed by atoms with E-state index in [9.17, 15) is 18.7 Å². The van der Waals surface area contributed by atoms with E-state index < -0.39 is 41.0 Å². The van der Waals surface area contributed by atoms with Crippen LogP contribution in [0.5, 0.6) is 0 Å². The van der Waals surface area contributed by atoms with E-state index in [2.05, 4.69) is 56.2 Å². The van der Waals surface area contributed by atoms with E-state index in [1.54, 1.807) is 10.9 Å². The highest BCUT2D eigenvalue weighted by Gasteiger charge is 2.58. The first-order valence-corrected chi connectivity index (χ1v) is 17.3. The largest absolute Gasteiger partial charge is 0.377 e. The predicted octanol–water partition coefficient (Wildman–Crippen LogP) is 5.41. The number of tetrazole rings is 1. The fraction of sp³-hybridized carbons (Fsp3) is 0.316. The van der Waals surface area contributed by atoms with E-state index in [0.29, 0.717) is 18.2 Å². The van der Waals surface area contributed by atoms with Crippen molar-refractivity contribution in [1.29, 1.82) is 0 Å². The molecule has 0 radical (unpaired) electrons. The quantitative estimate of drug-likeness (QED) is 0.184. The standard InChI is InChI=1S/C38H38F4N10O2/c1-36(2,3)22-52-35(53)51(25-45-52)31-12-10-30(11-13-31)49-18-16-48(17-19-49)29-8-4-26(5-9-29)27-6-15-34(43-21-27)38(41,42)37(54,23-50-24-44-46-47-50)32-14-7-28(39)20-33(32)40/h4-15,20-21,24-25,54H,16-19,22-23H2,1-3H3/t37-/m0/s1. The van der Waals surface area contributed by atoms with Gasteiger partial charge in [0.25, 0.3) is 0 Å². The number of alkyl halides is 2. The molecule has 1 fully saturated rings. The fourth-order valence-electron chi connectivity index (χ4n) is 6.61. The molecule has 1 saturated heterocycles. The van der Waals surface area contributed by atoms with Crippen molar-refractivity contribution in [2.45, 2.75) is 45.4 Å². The summed E-state index contributed by atoms with van der Waals surface area (Å²) in [5.41, 5.74) is -1.02. The minimum atomic E-state index is -4.15. The summed E-state index contributed by atoms with van der Waals surface area (Å²) in [5, 5.41) is 26.1. The van der Waals surface area contributed by atoms with E-state index >= 15 is 8.78 Å². The Balaban J connectivity index is 1.00. The molecule has 0 bridgehead atoms. The van der Waals surface area contributed by atoms with E-state index in [-0.39, 0.29) is 11.1 Å². The Hall–Kier alpha value is -5.90. The van der Waals surface area contributed by atoms with Gasteiger partial charge >= 0.3 is 11.6 Å². The summed E-state index contributed by atoms with van der Waals surface area (Å²) in [6.45, 7) is 8.88. The number of hydrogen-bond acceptors (Lipinski definition) is 9. The summed E-state index contributed by atoms with van der Waals surface area (Å²) in [6.07, 6.45) is 3.81. The highest BCUT2D eigenvalue weighted by atomic mass is 19.3. The van der Waals surface area contributed by atoms with Crippen LogP contribution in [0.4, 0.5) is 28.9 Å².